The third-order valence-corrected chi connectivity index (χ3v) is 6.38. The average molecular weight is 446 g/mol. The van der Waals surface area contributed by atoms with Gasteiger partial charge in [-0.05, 0) is 36.4 Å². The predicted octanol–water partition coefficient (Wildman–Crippen LogP) is 3.97. The van der Waals surface area contributed by atoms with Gasteiger partial charge in [0.15, 0.2) is 10.9 Å². The lowest BCUT2D eigenvalue weighted by atomic mass is 10.2. The molecule has 1 fully saturated rings. The molecule has 8 heteroatoms. The summed E-state index contributed by atoms with van der Waals surface area (Å²) in [6.45, 7) is 3.11. The van der Waals surface area contributed by atoms with Gasteiger partial charge in [-0.25, -0.2) is 0 Å². The molecule has 0 saturated carbocycles. The SMILES string of the molecule is O=C(CSc1nnc(-c2ccco2)n1-c1ccccc1)N1CCN(c2ccccc2)CC1. The Morgan fingerprint density at radius 3 is 2.19 bits per heavy atom. The monoisotopic (exact) mass is 445 g/mol. The van der Waals surface area contributed by atoms with E-state index >= 15 is 0 Å². The molecule has 3 heterocycles. The molecule has 7 nitrogen and oxygen atoms in total. The largest absolute Gasteiger partial charge is 0.461 e. The summed E-state index contributed by atoms with van der Waals surface area (Å²) in [5, 5.41) is 9.36. The van der Waals surface area contributed by atoms with Crippen molar-refractivity contribution in [2.24, 2.45) is 0 Å². The number of rotatable bonds is 6. The van der Waals surface area contributed by atoms with E-state index in [0.29, 0.717) is 22.5 Å². The quantitative estimate of drug-likeness (QED) is 0.419. The summed E-state index contributed by atoms with van der Waals surface area (Å²) in [5.41, 5.74) is 2.13. The van der Waals surface area contributed by atoms with Gasteiger partial charge in [0.2, 0.25) is 11.7 Å². The van der Waals surface area contributed by atoms with Gasteiger partial charge in [0.1, 0.15) is 0 Å². The maximum absolute atomic E-state index is 12.9. The van der Waals surface area contributed by atoms with E-state index in [9.17, 15) is 4.79 Å². The summed E-state index contributed by atoms with van der Waals surface area (Å²) in [6, 6.07) is 23.9. The van der Waals surface area contributed by atoms with Crippen molar-refractivity contribution >= 4 is 23.4 Å². The van der Waals surface area contributed by atoms with Gasteiger partial charge in [-0.3, -0.25) is 9.36 Å². The zero-order valence-corrected chi connectivity index (χ0v) is 18.3. The van der Waals surface area contributed by atoms with E-state index in [1.54, 1.807) is 6.26 Å². The minimum Gasteiger partial charge on any atom is -0.461 e. The van der Waals surface area contributed by atoms with Gasteiger partial charge in [-0.15, -0.1) is 10.2 Å². The number of carbonyl (C=O) groups is 1. The highest BCUT2D eigenvalue weighted by molar-refractivity contribution is 7.99. The van der Waals surface area contributed by atoms with Crippen LogP contribution >= 0.6 is 11.8 Å². The molecule has 4 aromatic rings. The molecule has 1 aliphatic heterocycles. The molecule has 0 N–H and O–H groups in total. The third kappa shape index (κ3) is 4.27. The molecule has 1 aliphatic rings. The molecule has 2 aromatic heterocycles. The highest BCUT2D eigenvalue weighted by atomic mass is 32.2. The van der Waals surface area contributed by atoms with Gasteiger partial charge in [-0.2, -0.15) is 0 Å². The molecule has 0 bridgehead atoms. The molecule has 32 heavy (non-hydrogen) atoms. The smallest absolute Gasteiger partial charge is 0.233 e. The van der Waals surface area contributed by atoms with E-state index < -0.39 is 0 Å². The van der Waals surface area contributed by atoms with Crippen LogP contribution in [0.4, 0.5) is 5.69 Å². The van der Waals surface area contributed by atoms with E-state index in [1.165, 1.54) is 17.4 Å². The Labute approximate surface area is 190 Å². The Hall–Kier alpha value is -3.52. The van der Waals surface area contributed by atoms with Crippen molar-refractivity contribution in [3.63, 3.8) is 0 Å². The molecule has 0 aliphatic carbocycles. The van der Waals surface area contributed by atoms with Crippen molar-refractivity contribution < 1.29 is 9.21 Å². The molecular formula is C24H23N5O2S. The molecule has 1 amide bonds. The summed E-state index contributed by atoms with van der Waals surface area (Å²) < 4.78 is 7.48. The van der Waals surface area contributed by atoms with E-state index in [4.69, 9.17) is 4.42 Å². The molecule has 0 radical (unpaired) electrons. The number of nitrogens with zero attached hydrogens (tertiary/aromatic N) is 5. The van der Waals surface area contributed by atoms with Crippen molar-refractivity contribution in [2.75, 3.05) is 36.8 Å². The number of hydrogen-bond acceptors (Lipinski definition) is 6. The number of furan rings is 1. The summed E-state index contributed by atoms with van der Waals surface area (Å²) in [6.07, 6.45) is 1.62. The van der Waals surface area contributed by atoms with E-state index in [2.05, 4.69) is 27.2 Å². The van der Waals surface area contributed by atoms with Crippen LogP contribution in [-0.2, 0) is 4.79 Å². The summed E-state index contributed by atoms with van der Waals surface area (Å²) in [4.78, 5) is 17.2. The van der Waals surface area contributed by atoms with Gasteiger partial charge in [0.05, 0.1) is 12.0 Å². The minimum atomic E-state index is 0.116. The first-order valence-electron chi connectivity index (χ1n) is 10.5. The zero-order valence-electron chi connectivity index (χ0n) is 17.5. The number of anilines is 1. The van der Waals surface area contributed by atoms with Crippen LogP contribution in [0.25, 0.3) is 17.3 Å². The van der Waals surface area contributed by atoms with E-state index in [0.717, 1.165) is 31.9 Å². The second kappa shape index (κ2) is 9.32. The van der Waals surface area contributed by atoms with Crippen LogP contribution in [-0.4, -0.2) is 57.5 Å². The molecular weight excluding hydrogens is 422 g/mol. The first-order chi connectivity index (χ1) is 15.8. The zero-order chi connectivity index (χ0) is 21.8. The van der Waals surface area contributed by atoms with Crippen LogP contribution in [0.2, 0.25) is 0 Å². The summed E-state index contributed by atoms with van der Waals surface area (Å²) in [5.74, 6) is 1.68. The lowest BCUT2D eigenvalue weighted by Crippen LogP contribution is -2.49. The first kappa shape index (κ1) is 20.4. The van der Waals surface area contributed by atoms with Crippen LogP contribution in [0.3, 0.4) is 0 Å². The molecule has 162 valence electrons. The molecule has 2 aromatic carbocycles. The number of carbonyl (C=O) groups excluding carboxylic acids is 1. The lowest BCUT2D eigenvalue weighted by molar-refractivity contribution is -0.128. The highest BCUT2D eigenvalue weighted by Crippen LogP contribution is 2.28. The number of para-hydroxylation sites is 2. The predicted molar refractivity (Wildman–Crippen MR) is 125 cm³/mol. The second-order valence-electron chi connectivity index (χ2n) is 7.45. The summed E-state index contributed by atoms with van der Waals surface area (Å²) >= 11 is 1.40. The van der Waals surface area contributed by atoms with Crippen LogP contribution in [0.15, 0.2) is 88.6 Å². The Balaban J connectivity index is 1.27. The standard InChI is InChI=1S/C24H23N5O2S/c30-22(28-15-13-27(14-16-28)19-8-3-1-4-9-19)18-32-24-26-25-23(21-12-7-17-31-21)29(24)20-10-5-2-6-11-20/h1-12,17H,13-16,18H2. The van der Waals surface area contributed by atoms with Crippen LogP contribution in [0, 0.1) is 0 Å². The Morgan fingerprint density at radius 2 is 1.53 bits per heavy atom. The maximum Gasteiger partial charge on any atom is 0.233 e. The minimum absolute atomic E-state index is 0.116. The fourth-order valence-corrected chi connectivity index (χ4v) is 4.66. The van der Waals surface area contributed by atoms with Gasteiger partial charge in [0.25, 0.3) is 0 Å². The molecule has 5 rings (SSSR count). The Bertz CT molecular complexity index is 1150. The number of hydrogen-bond donors (Lipinski definition) is 0. The third-order valence-electron chi connectivity index (χ3n) is 5.47. The van der Waals surface area contributed by atoms with Gasteiger partial charge >= 0.3 is 0 Å². The Morgan fingerprint density at radius 1 is 0.844 bits per heavy atom. The summed E-state index contributed by atoms with van der Waals surface area (Å²) in [7, 11) is 0. The van der Waals surface area contributed by atoms with Crippen molar-refractivity contribution in [1.29, 1.82) is 0 Å². The normalized spacial score (nSPS) is 14.0. The highest BCUT2D eigenvalue weighted by Gasteiger charge is 2.23. The number of piperazine rings is 1. The lowest BCUT2D eigenvalue weighted by Gasteiger charge is -2.36. The van der Waals surface area contributed by atoms with Crippen molar-refractivity contribution in [3.8, 4) is 17.3 Å². The van der Waals surface area contributed by atoms with Gasteiger partial charge < -0.3 is 14.2 Å². The second-order valence-corrected chi connectivity index (χ2v) is 8.39. The molecule has 0 atom stereocenters. The van der Waals surface area contributed by atoms with E-state index in [1.807, 2.05) is 70.1 Å². The number of amides is 1. The number of thioether (sulfide) groups is 1. The average Bonchev–Trinajstić information content (AvgIpc) is 3.54. The van der Waals surface area contributed by atoms with Crippen LogP contribution < -0.4 is 4.90 Å². The fourth-order valence-electron chi connectivity index (χ4n) is 3.81. The van der Waals surface area contributed by atoms with Gasteiger partial charge in [-0.1, -0.05) is 48.2 Å². The first-order valence-corrected chi connectivity index (χ1v) is 11.5. The van der Waals surface area contributed by atoms with E-state index in [-0.39, 0.29) is 5.91 Å². The number of benzene rings is 2. The molecule has 0 unspecified atom stereocenters. The topological polar surface area (TPSA) is 67.4 Å². The van der Waals surface area contributed by atoms with Crippen molar-refractivity contribution in [2.45, 2.75) is 5.16 Å². The fraction of sp³-hybridized carbons (Fsp3) is 0.208. The van der Waals surface area contributed by atoms with Crippen LogP contribution in [0.1, 0.15) is 0 Å². The van der Waals surface area contributed by atoms with Gasteiger partial charge in [0, 0.05) is 37.6 Å². The van der Waals surface area contributed by atoms with Crippen molar-refractivity contribution in [3.05, 3.63) is 79.1 Å². The Kier molecular flexibility index (Phi) is 5.93. The van der Waals surface area contributed by atoms with Crippen molar-refractivity contribution in [1.82, 2.24) is 19.7 Å². The van der Waals surface area contributed by atoms with Crippen LogP contribution in [0.5, 0.6) is 0 Å². The molecule has 1 saturated heterocycles. The maximum atomic E-state index is 12.9. The number of aromatic nitrogens is 3. The molecule has 0 spiro atoms.